The maximum absolute atomic E-state index is 13.2. The third kappa shape index (κ3) is 3.22. The van der Waals surface area contributed by atoms with Crippen LogP contribution in [0.1, 0.15) is 18.0 Å². The van der Waals surface area contributed by atoms with Crippen LogP contribution in [0.5, 0.6) is 5.75 Å². The van der Waals surface area contributed by atoms with Gasteiger partial charge in [0.2, 0.25) is 0 Å². The summed E-state index contributed by atoms with van der Waals surface area (Å²) in [6.07, 6.45) is 0.789. The number of hydrogen-bond acceptors (Lipinski definition) is 2. The van der Waals surface area contributed by atoms with E-state index in [1.807, 2.05) is 6.07 Å². The van der Waals surface area contributed by atoms with Gasteiger partial charge in [0.25, 0.3) is 0 Å². The van der Waals surface area contributed by atoms with Crippen molar-refractivity contribution >= 4 is 51.5 Å². The lowest BCUT2D eigenvalue weighted by Crippen LogP contribution is -2.21. The van der Waals surface area contributed by atoms with Crippen LogP contribution in [-0.2, 0) is 0 Å². The van der Waals surface area contributed by atoms with Crippen molar-refractivity contribution in [2.75, 3.05) is 11.9 Å². The van der Waals surface area contributed by atoms with Crippen LogP contribution in [0, 0.1) is 9.39 Å². The standard InChI is InChI=1S/C15H11Cl2FINO/c16-8-5-10-13(3-4-21-15(10)11(17)6-8)20-14-2-1-9(18)7-12(14)19/h1-2,5-7,13,20H,3-4H2. The van der Waals surface area contributed by atoms with Crippen LogP contribution in [0.3, 0.4) is 0 Å². The van der Waals surface area contributed by atoms with Crippen LogP contribution >= 0.6 is 45.8 Å². The van der Waals surface area contributed by atoms with Gasteiger partial charge in [-0.05, 0) is 52.9 Å². The molecule has 0 bridgehead atoms. The predicted molar refractivity (Wildman–Crippen MR) is 92.1 cm³/mol. The summed E-state index contributed by atoms with van der Waals surface area (Å²) in [5, 5.41) is 4.50. The average molecular weight is 438 g/mol. The number of hydrogen-bond donors (Lipinski definition) is 1. The minimum atomic E-state index is -0.247. The first-order valence-corrected chi connectivity index (χ1v) is 8.21. The van der Waals surface area contributed by atoms with Gasteiger partial charge in [0, 0.05) is 26.3 Å². The zero-order valence-electron chi connectivity index (χ0n) is 10.8. The zero-order chi connectivity index (χ0) is 15.0. The van der Waals surface area contributed by atoms with E-state index in [2.05, 4.69) is 27.9 Å². The second-order valence-electron chi connectivity index (χ2n) is 4.76. The Morgan fingerprint density at radius 2 is 2.05 bits per heavy atom. The maximum Gasteiger partial charge on any atom is 0.143 e. The Bertz CT molecular complexity index is 696. The third-order valence-corrected chi connectivity index (χ3v) is 4.72. The lowest BCUT2D eigenvalue weighted by molar-refractivity contribution is 0.274. The summed E-state index contributed by atoms with van der Waals surface area (Å²) in [6, 6.07) is 8.23. The van der Waals surface area contributed by atoms with Crippen molar-refractivity contribution in [2.24, 2.45) is 0 Å². The number of ether oxygens (including phenoxy) is 1. The molecule has 0 aromatic heterocycles. The Labute approximate surface area is 145 Å². The molecular weight excluding hydrogens is 427 g/mol. The quantitative estimate of drug-likeness (QED) is 0.611. The largest absolute Gasteiger partial charge is 0.492 e. The van der Waals surface area contributed by atoms with Crippen molar-refractivity contribution in [1.82, 2.24) is 0 Å². The van der Waals surface area contributed by atoms with E-state index in [9.17, 15) is 4.39 Å². The molecule has 0 spiro atoms. The van der Waals surface area contributed by atoms with E-state index in [4.69, 9.17) is 27.9 Å². The molecule has 0 radical (unpaired) electrons. The van der Waals surface area contributed by atoms with Crippen LogP contribution in [-0.4, -0.2) is 6.61 Å². The van der Waals surface area contributed by atoms with Gasteiger partial charge in [-0.1, -0.05) is 23.2 Å². The van der Waals surface area contributed by atoms with Gasteiger partial charge in [-0.2, -0.15) is 0 Å². The Kier molecular flexibility index (Phi) is 4.47. The summed E-state index contributed by atoms with van der Waals surface area (Å²) in [6.45, 7) is 0.573. The molecule has 3 rings (SSSR count). The Morgan fingerprint density at radius 3 is 2.81 bits per heavy atom. The van der Waals surface area contributed by atoms with Crippen LogP contribution in [0.15, 0.2) is 30.3 Å². The van der Waals surface area contributed by atoms with Crippen molar-refractivity contribution in [3.63, 3.8) is 0 Å². The van der Waals surface area contributed by atoms with Crippen LogP contribution in [0.4, 0.5) is 10.1 Å². The molecule has 1 heterocycles. The molecule has 1 N–H and O–H groups in total. The molecule has 1 unspecified atom stereocenters. The summed E-state index contributed by atoms with van der Waals surface area (Å²) in [7, 11) is 0. The molecule has 1 aliphatic heterocycles. The summed E-state index contributed by atoms with van der Waals surface area (Å²) >= 11 is 14.4. The minimum Gasteiger partial charge on any atom is -0.492 e. The second-order valence-corrected chi connectivity index (χ2v) is 6.77. The number of halogens is 4. The SMILES string of the molecule is Fc1ccc(NC2CCOc3c(Cl)cc(Cl)cc32)c(I)c1. The number of anilines is 1. The van der Waals surface area contributed by atoms with Gasteiger partial charge in [-0.25, -0.2) is 4.39 Å². The van der Waals surface area contributed by atoms with Gasteiger partial charge in [0.05, 0.1) is 17.7 Å². The molecule has 0 fully saturated rings. The first-order valence-electron chi connectivity index (χ1n) is 6.38. The van der Waals surface area contributed by atoms with E-state index >= 15 is 0 Å². The first-order chi connectivity index (χ1) is 10.0. The number of fused-ring (bicyclic) bond motifs is 1. The molecule has 1 atom stereocenters. The summed E-state index contributed by atoms with van der Waals surface area (Å²) in [4.78, 5) is 0. The number of nitrogens with one attached hydrogen (secondary N) is 1. The second kappa shape index (κ2) is 6.18. The zero-order valence-corrected chi connectivity index (χ0v) is 14.5. The molecule has 2 aromatic rings. The van der Waals surface area contributed by atoms with Gasteiger partial charge < -0.3 is 10.1 Å². The van der Waals surface area contributed by atoms with E-state index in [1.54, 1.807) is 12.1 Å². The van der Waals surface area contributed by atoms with Crippen molar-refractivity contribution < 1.29 is 9.13 Å². The molecule has 110 valence electrons. The molecule has 0 saturated carbocycles. The Balaban J connectivity index is 1.95. The monoisotopic (exact) mass is 437 g/mol. The van der Waals surface area contributed by atoms with E-state index in [-0.39, 0.29) is 11.9 Å². The fourth-order valence-electron chi connectivity index (χ4n) is 2.37. The minimum absolute atomic E-state index is 0.0314. The average Bonchev–Trinajstić information content (AvgIpc) is 2.42. The van der Waals surface area contributed by atoms with E-state index < -0.39 is 0 Å². The number of rotatable bonds is 2. The third-order valence-electron chi connectivity index (χ3n) is 3.33. The lowest BCUT2D eigenvalue weighted by Gasteiger charge is -2.28. The van der Waals surface area contributed by atoms with E-state index in [0.717, 1.165) is 21.2 Å². The van der Waals surface area contributed by atoms with Crippen molar-refractivity contribution in [3.8, 4) is 5.75 Å². The van der Waals surface area contributed by atoms with E-state index in [1.165, 1.54) is 12.1 Å². The first kappa shape index (κ1) is 15.2. The molecule has 2 nitrogen and oxygen atoms in total. The topological polar surface area (TPSA) is 21.3 Å². The van der Waals surface area contributed by atoms with Crippen molar-refractivity contribution in [2.45, 2.75) is 12.5 Å². The summed E-state index contributed by atoms with van der Waals surface area (Å²) in [5.41, 5.74) is 1.81. The molecule has 0 saturated heterocycles. The highest BCUT2D eigenvalue weighted by Gasteiger charge is 2.24. The van der Waals surface area contributed by atoms with Gasteiger partial charge in [-0.3, -0.25) is 0 Å². The van der Waals surface area contributed by atoms with Gasteiger partial charge >= 0.3 is 0 Å². The van der Waals surface area contributed by atoms with Crippen LogP contribution < -0.4 is 10.1 Å². The predicted octanol–water partition coefficient (Wildman–Crippen LogP) is 5.67. The molecule has 21 heavy (non-hydrogen) atoms. The van der Waals surface area contributed by atoms with Crippen LogP contribution in [0.2, 0.25) is 10.0 Å². The lowest BCUT2D eigenvalue weighted by atomic mass is 10.00. The van der Waals surface area contributed by atoms with E-state index in [0.29, 0.717) is 22.4 Å². The normalized spacial score (nSPS) is 17.0. The molecular formula is C15H11Cl2FINO. The highest BCUT2D eigenvalue weighted by Crippen LogP contribution is 2.41. The molecule has 1 aliphatic rings. The Hall–Kier alpha value is -0.720. The Morgan fingerprint density at radius 1 is 1.24 bits per heavy atom. The molecule has 0 amide bonds. The summed E-state index contributed by atoms with van der Waals surface area (Å²) in [5.74, 6) is 0.422. The van der Waals surface area contributed by atoms with Gasteiger partial charge in [-0.15, -0.1) is 0 Å². The van der Waals surface area contributed by atoms with Crippen molar-refractivity contribution in [3.05, 3.63) is 55.3 Å². The fraction of sp³-hybridized carbons (Fsp3) is 0.200. The van der Waals surface area contributed by atoms with Gasteiger partial charge in [0.1, 0.15) is 11.6 Å². The highest BCUT2D eigenvalue weighted by atomic mass is 127. The smallest absolute Gasteiger partial charge is 0.143 e. The highest BCUT2D eigenvalue weighted by molar-refractivity contribution is 14.1. The number of benzene rings is 2. The molecule has 6 heteroatoms. The summed E-state index contributed by atoms with van der Waals surface area (Å²) < 4.78 is 19.6. The fourth-order valence-corrected chi connectivity index (χ4v) is 3.57. The molecule has 0 aliphatic carbocycles. The van der Waals surface area contributed by atoms with Crippen molar-refractivity contribution in [1.29, 1.82) is 0 Å². The van der Waals surface area contributed by atoms with Crippen LogP contribution in [0.25, 0.3) is 0 Å². The van der Waals surface area contributed by atoms with Gasteiger partial charge in [0.15, 0.2) is 0 Å². The maximum atomic E-state index is 13.2. The molecule has 2 aromatic carbocycles.